The third-order valence-electron chi connectivity index (χ3n) is 5.42. The minimum absolute atomic E-state index is 0.185. The lowest BCUT2D eigenvalue weighted by Crippen LogP contribution is -2.58. The van der Waals surface area contributed by atoms with E-state index in [1.165, 1.54) is 22.0 Å². The van der Waals surface area contributed by atoms with Crippen LogP contribution in [-0.4, -0.2) is 61.4 Å². The van der Waals surface area contributed by atoms with Gasteiger partial charge in [-0.15, -0.1) is 0 Å². The van der Waals surface area contributed by atoms with Gasteiger partial charge in [-0.25, -0.2) is 0 Å². The van der Waals surface area contributed by atoms with Crippen molar-refractivity contribution in [2.45, 2.75) is 45.8 Å². The molecular formula is C21H25F5N4O4. The second-order valence-electron chi connectivity index (χ2n) is 8.24. The van der Waals surface area contributed by atoms with Crippen LogP contribution in [0, 0.1) is 5.41 Å². The summed E-state index contributed by atoms with van der Waals surface area (Å²) in [4.78, 5) is 53.2. The fraction of sp³-hybridized carbons (Fsp3) is 0.524. The number of benzene rings is 1. The Morgan fingerprint density at radius 3 is 2.09 bits per heavy atom. The standard InChI is InChI=1S/C21H25F5N4O4/c1-5-29-14-8-6-7-9-15(14)30(12(2)31)10-13(16(29)32)28-18(34)19(3,4)17(33)27-11-20(22,23)21(24,25)26/h6-9,13H,5,10-11H2,1-4H3,(H,27,33)(H,28,34)/t13-/m0/s1. The number of anilines is 2. The van der Waals surface area contributed by atoms with Crippen molar-refractivity contribution >= 4 is 35.0 Å². The largest absolute Gasteiger partial charge is 0.455 e. The maximum absolute atomic E-state index is 13.2. The highest BCUT2D eigenvalue weighted by Gasteiger charge is 2.57. The fourth-order valence-electron chi connectivity index (χ4n) is 3.27. The molecule has 0 saturated carbocycles. The molecule has 34 heavy (non-hydrogen) atoms. The van der Waals surface area contributed by atoms with Crippen molar-refractivity contribution in [1.29, 1.82) is 0 Å². The quantitative estimate of drug-likeness (QED) is 0.470. The van der Waals surface area contributed by atoms with Crippen LogP contribution in [0.4, 0.5) is 33.3 Å². The van der Waals surface area contributed by atoms with Gasteiger partial charge in [0, 0.05) is 13.5 Å². The first kappa shape index (κ1) is 27.0. The van der Waals surface area contributed by atoms with Crippen molar-refractivity contribution in [2.75, 3.05) is 29.4 Å². The van der Waals surface area contributed by atoms with E-state index in [-0.39, 0.29) is 13.1 Å². The highest BCUT2D eigenvalue weighted by Crippen LogP contribution is 2.35. The van der Waals surface area contributed by atoms with Crippen LogP contribution in [0.2, 0.25) is 0 Å². The number of amides is 4. The van der Waals surface area contributed by atoms with Crippen molar-refractivity contribution < 1.29 is 41.1 Å². The van der Waals surface area contributed by atoms with E-state index in [2.05, 4.69) is 5.32 Å². The third-order valence-corrected chi connectivity index (χ3v) is 5.42. The van der Waals surface area contributed by atoms with E-state index in [0.29, 0.717) is 11.4 Å². The molecule has 0 unspecified atom stereocenters. The number of hydrogen-bond donors (Lipinski definition) is 2. The smallest absolute Gasteiger partial charge is 0.349 e. The van der Waals surface area contributed by atoms with Gasteiger partial charge in [0.25, 0.3) is 5.91 Å². The summed E-state index contributed by atoms with van der Waals surface area (Å²) >= 11 is 0. The monoisotopic (exact) mass is 492 g/mol. The van der Waals surface area contributed by atoms with Gasteiger partial charge in [0.15, 0.2) is 0 Å². The molecule has 1 aliphatic heterocycles. The normalized spacial score (nSPS) is 17.1. The summed E-state index contributed by atoms with van der Waals surface area (Å²) < 4.78 is 63.4. The van der Waals surface area contributed by atoms with Gasteiger partial charge >= 0.3 is 12.1 Å². The number of likely N-dealkylation sites (N-methyl/N-ethyl adjacent to an activating group) is 1. The zero-order valence-electron chi connectivity index (χ0n) is 18.9. The number of fused-ring (bicyclic) bond motifs is 1. The van der Waals surface area contributed by atoms with Gasteiger partial charge in [0.2, 0.25) is 17.7 Å². The average molecular weight is 492 g/mol. The maximum atomic E-state index is 13.2. The Bertz CT molecular complexity index is 965. The Morgan fingerprint density at radius 1 is 1.03 bits per heavy atom. The van der Waals surface area contributed by atoms with Gasteiger partial charge in [-0.1, -0.05) is 12.1 Å². The number of carbonyl (C=O) groups is 4. The second kappa shape index (κ2) is 9.55. The number of halogens is 5. The lowest BCUT2D eigenvalue weighted by molar-refractivity contribution is -0.278. The Hall–Kier alpha value is -3.25. The van der Waals surface area contributed by atoms with Gasteiger partial charge in [-0.2, -0.15) is 22.0 Å². The molecule has 2 rings (SSSR count). The lowest BCUT2D eigenvalue weighted by atomic mass is 9.90. The molecule has 0 radical (unpaired) electrons. The SMILES string of the molecule is CCN1C(=O)[C@@H](NC(=O)C(C)(C)C(=O)NCC(F)(F)C(F)(F)F)CN(C(C)=O)c2ccccc21. The van der Waals surface area contributed by atoms with Gasteiger partial charge in [-0.05, 0) is 32.9 Å². The predicted octanol–water partition coefficient (Wildman–Crippen LogP) is 2.23. The first-order valence-electron chi connectivity index (χ1n) is 10.3. The lowest BCUT2D eigenvalue weighted by Gasteiger charge is -2.29. The molecule has 0 aliphatic carbocycles. The third kappa shape index (κ3) is 5.28. The average Bonchev–Trinajstić information content (AvgIpc) is 2.85. The first-order chi connectivity index (χ1) is 15.5. The van der Waals surface area contributed by atoms with Gasteiger partial charge < -0.3 is 20.4 Å². The van der Waals surface area contributed by atoms with Crippen molar-refractivity contribution in [1.82, 2.24) is 10.6 Å². The molecule has 1 atom stereocenters. The summed E-state index contributed by atoms with van der Waals surface area (Å²) in [7, 11) is 0. The molecule has 1 aromatic rings. The molecule has 188 valence electrons. The van der Waals surface area contributed by atoms with E-state index in [1.807, 2.05) is 0 Å². The molecule has 1 aliphatic rings. The van der Waals surface area contributed by atoms with Crippen molar-refractivity contribution in [3.8, 4) is 0 Å². The van der Waals surface area contributed by atoms with E-state index in [9.17, 15) is 41.1 Å². The summed E-state index contributed by atoms with van der Waals surface area (Å²) in [5.74, 6) is -8.70. The van der Waals surface area contributed by atoms with E-state index >= 15 is 0 Å². The maximum Gasteiger partial charge on any atom is 0.455 e. The Morgan fingerprint density at radius 2 is 1.59 bits per heavy atom. The summed E-state index contributed by atoms with van der Waals surface area (Å²) in [6.07, 6.45) is -5.88. The Balaban J connectivity index is 2.25. The van der Waals surface area contributed by atoms with E-state index in [0.717, 1.165) is 13.8 Å². The van der Waals surface area contributed by atoms with E-state index in [4.69, 9.17) is 0 Å². The van der Waals surface area contributed by atoms with E-state index < -0.39 is 53.7 Å². The highest BCUT2D eigenvalue weighted by molar-refractivity contribution is 6.10. The molecule has 0 spiro atoms. The molecule has 0 fully saturated rings. The van der Waals surface area contributed by atoms with E-state index in [1.54, 1.807) is 31.2 Å². The molecule has 13 heteroatoms. The molecule has 0 aromatic heterocycles. The fourth-order valence-corrected chi connectivity index (χ4v) is 3.27. The number of carbonyl (C=O) groups excluding carboxylic acids is 4. The van der Waals surface area contributed by atoms with Crippen molar-refractivity contribution in [3.05, 3.63) is 24.3 Å². The molecule has 0 saturated heterocycles. The summed E-state index contributed by atoms with van der Waals surface area (Å²) in [5.41, 5.74) is -1.26. The van der Waals surface area contributed by atoms with Gasteiger partial charge in [0.1, 0.15) is 11.5 Å². The summed E-state index contributed by atoms with van der Waals surface area (Å²) in [5, 5.41) is 3.79. The molecule has 1 aromatic carbocycles. The summed E-state index contributed by atoms with van der Waals surface area (Å²) in [6, 6.07) is 5.25. The summed E-state index contributed by atoms with van der Waals surface area (Å²) in [6.45, 7) is 2.82. The second-order valence-corrected chi connectivity index (χ2v) is 8.24. The first-order valence-corrected chi connectivity index (χ1v) is 10.3. The minimum atomic E-state index is -5.88. The van der Waals surface area contributed by atoms with Crippen LogP contribution in [0.1, 0.15) is 27.7 Å². The van der Waals surface area contributed by atoms with Crippen LogP contribution in [0.3, 0.4) is 0 Å². The highest BCUT2D eigenvalue weighted by atomic mass is 19.4. The zero-order chi connectivity index (χ0) is 26.1. The van der Waals surface area contributed by atoms with Crippen LogP contribution in [-0.2, 0) is 19.2 Å². The van der Waals surface area contributed by atoms with Crippen molar-refractivity contribution in [3.63, 3.8) is 0 Å². The molecule has 4 amide bonds. The number of nitrogens with zero attached hydrogens (tertiary/aromatic N) is 2. The molecule has 1 heterocycles. The Labute approximate surface area is 192 Å². The molecule has 0 bridgehead atoms. The zero-order valence-corrected chi connectivity index (χ0v) is 18.9. The molecule has 2 N–H and O–H groups in total. The van der Waals surface area contributed by atoms with Crippen LogP contribution in [0.25, 0.3) is 0 Å². The van der Waals surface area contributed by atoms with Crippen LogP contribution >= 0.6 is 0 Å². The topological polar surface area (TPSA) is 98.8 Å². The van der Waals surface area contributed by atoms with Crippen LogP contribution in [0.5, 0.6) is 0 Å². The molecule has 8 nitrogen and oxygen atoms in total. The van der Waals surface area contributed by atoms with Gasteiger partial charge in [-0.3, -0.25) is 19.2 Å². The minimum Gasteiger partial charge on any atom is -0.349 e. The van der Waals surface area contributed by atoms with Crippen molar-refractivity contribution in [2.24, 2.45) is 5.41 Å². The number of rotatable bonds is 6. The molecular weight excluding hydrogens is 467 g/mol. The number of nitrogens with one attached hydrogen (secondary N) is 2. The predicted molar refractivity (Wildman–Crippen MR) is 112 cm³/mol. The van der Waals surface area contributed by atoms with Gasteiger partial charge in [0.05, 0.1) is 24.5 Å². The van der Waals surface area contributed by atoms with Crippen LogP contribution < -0.4 is 20.4 Å². The number of hydrogen-bond acceptors (Lipinski definition) is 4. The number of alkyl halides is 5. The number of para-hydroxylation sites is 2. The Kier molecular flexibility index (Phi) is 7.58. The van der Waals surface area contributed by atoms with Crippen LogP contribution in [0.15, 0.2) is 24.3 Å².